The first-order valence-electron chi connectivity index (χ1n) is 9.28. The molecule has 0 unspecified atom stereocenters. The van der Waals surface area contributed by atoms with Gasteiger partial charge in [0.05, 0.1) is 54.2 Å². The van der Waals surface area contributed by atoms with Crippen molar-refractivity contribution in [3.05, 3.63) is 57.6 Å². The van der Waals surface area contributed by atoms with E-state index >= 15 is 0 Å². The van der Waals surface area contributed by atoms with E-state index in [0.29, 0.717) is 30.2 Å². The van der Waals surface area contributed by atoms with Crippen LogP contribution in [0.25, 0.3) is 0 Å². The van der Waals surface area contributed by atoms with Crippen molar-refractivity contribution in [1.82, 2.24) is 0 Å². The molecule has 1 amide bonds. The zero-order chi connectivity index (χ0) is 21.8. The quantitative estimate of drug-likeness (QED) is 0.477. The third kappa shape index (κ3) is 5.14. The van der Waals surface area contributed by atoms with Gasteiger partial charge in [0.2, 0.25) is 5.91 Å². The fourth-order valence-electron chi connectivity index (χ4n) is 3.13. The fraction of sp³-hybridized carbons (Fsp3) is 0.333. The molecule has 1 fully saturated rings. The first-order chi connectivity index (χ1) is 14.3. The molecule has 3 rings (SSSR count). The van der Waals surface area contributed by atoms with Crippen LogP contribution >= 0.6 is 15.9 Å². The second-order valence-corrected chi connectivity index (χ2v) is 7.95. The molecule has 1 aliphatic heterocycles. The Bertz CT molecular complexity index is 970. The number of esters is 1. The molecule has 0 saturated carbocycles. The van der Waals surface area contributed by atoms with E-state index in [0.717, 1.165) is 12.1 Å². The molecular formula is C21H21BrF2N2O4. The number of rotatable bonds is 6. The smallest absolute Gasteiger partial charge is 0.337 e. The number of nitrogens with one attached hydrogen (secondary N) is 2. The van der Waals surface area contributed by atoms with E-state index in [2.05, 4.69) is 26.6 Å². The molecule has 2 atom stereocenters. The molecule has 0 spiro atoms. The van der Waals surface area contributed by atoms with Crippen molar-refractivity contribution in [2.45, 2.75) is 19.4 Å². The average molecular weight is 483 g/mol. The van der Waals surface area contributed by atoms with E-state index in [9.17, 15) is 18.4 Å². The van der Waals surface area contributed by atoms with Crippen LogP contribution < -0.4 is 10.6 Å². The number of anilines is 2. The maximum absolute atomic E-state index is 14.0. The number of amides is 1. The SMILES string of the molecule is COC(=O)c1ccc(NC(=O)Cc2cc(F)c(Br)cc2F)c(N[C@H]2COC[C@H]2C)c1. The molecule has 1 aliphatic rings. The van der Waals surface area contributed by atoms with Gasteiger partial charge in [-0.3, -0.25) is 4.79 Å². The number of benzene rings is 2. The third-order valence-corrected chi connectivity index (χ3v) is 5.47. The fourth-order valence-corrected chi connectivity index (χ4v) is 3.44. The number of methoxy groups -OCH3 is 1. The summed E-state index contributed by atoms with van der Waals surface area (Å²) < 4.78 is 38.0. The van der Waals surface area contributed by atoms with Gasteiger partial charge in [0.1, 0.15) is 11.6 Å². The van der Waals surface area contributed by atoms with Gasteiger partial charge < -0.3 is 20.1 Å². The summed E-state index contributed by atoms with van der Waals surface area (Å²) in [7, 11) is 1.28. The number of hydrogen-bond acceptors (Lipinski definition) is 5. The van der Waals surface area contributed by atoms with Crippen molar-refractivity contribution in [3.63, 3.8) is 0 Å². The Morgan fingerprint density at radius 1 is 1.17 bits per heavy atom. The van der Waals surface area contributed by atoms with Gasteiger partial charge in [0, 0.05) is 11.5 Å². The summed E-state index contributed by atoms with van der Waals surface area (Å²) in [5.74, 6) is -2.15. The lowest BCUT2D eigenvalue weighted by atomic mass is 10.0. The number of halogens is 3. The molecular weight excluding hydrogens is 462 g/mol. The molecule has 2 aromatic rings. The van der Waals surface area contributed by atoms with Gasteiger partial charge in [-0.25, -0.2) is 13.6 Å². The topological polar surface area (TPSA) is 76.7 Å². The lowest BCUT2D eigenvalue weighted by Gasteiger charge is -2.20. The minimum Gasteiger partial charge on any atom is -0.465 e. The van der Waals surface area contributed by atoms with Gasteiger partial charge in [0.15, 0.2) is 0 Å². The van der Waals surface area contributed by atoms with Crippen LogP contribution in [0.2, 0.25) is 0 Å². The van der Waals surface area contributed by atoms with Crippen molar-refractivity contribution in [1.29, 1.82) is 0 Å². The summed E-state index contributed by atoms with van der Waals surface area (Å²) in [4.78, 5) is 24.4. The molecule has 2 aromatic carbocycles. The molecule has 0 aliphatic carbocycles. The highest BCUT2D eigenvalue weighted by atomic mass is 79.9. The lowest BCUT2D eigenvalue weighted by Crippen LogP contribution is -2.27. The first kappa shape index (κ1) is 22.2. The highest BCUT2D eigenvalue weighted by Gasteiger charge is 2.25. The second kappa shape index (κ2) is 9.53. The predicted octanol–water partition coefficient (Wildman–Crippen LogP) is 4.14. The Morgan fingerprint density at radius 2 is 1.93 bits per heavy atom. The van der Waals surface area contributed by atoms with Crippen LogP contribution in [0.5, 0.6) is 0 Å². The molecule has 160 valence electrons. The molecule has 2 N–H and O–H groups in total. The van der Waals surface area contributed by atoms with Crippen LogP contribution in [0.3, 0.4) is 0 Å². The van der Waals surface area contributed by atoms with Crippen molar-refractivity contribution < 1.29 is 27.8 Å². The maximum Gasteiger partial charge on any atom is 0.337 e. The molecule has 6 nitrogen and oxygen atoms in total. The summed E-state index contributed by atoms with van der Waals surface area (Å²) in [6.45, 7) is 3.11. The van der Waals surface area contributed by atoms with Crippen LogP contribution in [0.4, 0.5) is 20.2 Å². The van der Waals surface area contributed by atoms with Crippen molar-refractivity contribution >= 4 is 39.2 Å². The first-order valence-corrected chi connectivity index (χ1v) is 10.1. The van der Waals surface area contributed by atoms with E-state index < -0.39 is 23.5 Å². The van der Waals surface area contributed by atoms with Gasteiger partial charge in [-0.2, -0.15) is 0 Å². The van der Waals surface area contributed by atoms with Crippen molar-refractivity contribution in [2.75, 3.05) is 31.0 Å². The molecule has 0 aromatic heterocycles. The summed E-state index contributed by atoms with van der Waals surface area (Å²) in [5.41, 5.74) is 1.16. The average Bonchev–Trinajstić information content (AvgIpc) is 3.11. The van der Waals surface area contributed by atoms with Crippen LogP contribution in [-0.2, 0) is 20.7 Å². The van der Waals surface area contributed by atoms with Crippen LogP contribution in [0, 0.1) is 17.6 Å². The molecule has 0 bridgehead atoms. The van der Waals surface area contributed by atoms with Crippen molar-refractivity contribution in [2.24, 2.45) is 5.92 Å². The van der Waals surface area contributed by atoms with Gasteiger partial charge >= 0.3 is 5.97 Å². The van der Waals surface area contributed by atoms with E-state index in [1.807, 2.05) is 6.92 Å². The van der Waals surface area contributed by atoms with Gasteiger partial charge in [0.25, 0.3) is 0 Å². The number of ether oxygens (including phenoxy) is 2. The zero-order valence-corrected chi connectivity index (χ0v) is 18.0. The standard InChI is InChI=1S/C21H21BrF2N2O4/c1-11-9-30-10-19(11)25-18-6-12(21(28)29-2)3-4-17(18)26-20(27)7-13-5-16(24)14(22)8-15(13)23/h3-6,8,11,19,25H,7,9-10H2,1-2H3,(H,26,27)/t11-,19+/m1/s1. The normalized spacial score (nSPS) is 18.2. The predicted molar refractivity (Wildman–Crippen MR) is 112 cm³/mol. The van der Waals surface area contributed by atoms with E-state index in [-0.39, 0.29) is 28.4 Å². The van der Waals surface area contributed by atoms with Gasteiger partial charge in [-0.15, -0.1) is 0 Å². The maximum atomic E-state index is 14.0. The Kier molecular flexibility index (Phi) is 7.04. The number of carbonyl (C=O) groups is 2. The second-order valence-electron chi connectivity index (χ2n) is 7.10. The lowest BCUT2D eigenvalue weighted by molar-refractivity contribution is -0.115. The summed E-state index contributed by atoms with van der Waals surface area (Å²) in [5, 5.41) is 5.99. The number of carbonyl (C=O) groups excluding carboxylic acids is 2. The monoisotopic (exact) mass is 482 g/mol. The Balaban J connectivity index is 1.82. The third-order valence-electron chi connectivity index (χ3n) is 4.86. The Hall–Kier alpha value is -2.52. The van der Waals surface area contributed by atoms with Crippen molar-refractivity contribution in [3.8, 4) is 0 Å². The highest BCUT2D eigenvalue weighted by molar-refractivity contribution is 9.10. The van der Waals surface area contributed by atoms with E-state index in [1.165, 1.54) is 13.2 Å². The van der Waals surface area contributed by atoms with Crippen LogP contribution in [0.15, 0.2) is 34.8 Å². The number of hydrogen-bond donors (Lipinski definition) is 2. The minimum absolute atomic E-state index is 0.00781. The molecule has 9 heteroatoms. The summed E-state index contributed by atoms with van der Waals surface area (Å²) >= 11 is 2.91. The van der Waals surface area contributed by atoms with Gasteiger partial charge in [-0.1, -0.05) is 6.92 Å². The Labute approximate surface area is 181 Å². The summed E-state index contributed by atoms with van der Waals surface area (Å²) in [6.07, 6.45) is -0.350. The molecule has 0 radical (unpaired) electrons. The highest BCUT2D eigenvalue weighted by Crippen LogP contribution is 2.28. The molecule has 30 heavy (non-hydrogen) atoms. The molecule has 1 saturated heterocycles. The van der Waals surface area contributed by atoms with Crippen LogP contribution in [-0.4, -0.2) is 38.2 Å². The van der Waals surface area contributed by atoms with Crippen LogP contribution in [0.1, 0.15) is 22.8 Å². The van der Waals surface area contributed by atoms with E-state index in [1.54, 1.807) is 12.1 Å². The largest absolute Gasteiger partial charge is 0.465 e. The van der Waals surface area contributed by atoms with Gasteiger partial charge in [-0.05, 0) is 46.3 Å². The minimum atomic E-state index is -0.685. The summed E-state index contributed by atoms with van der Waals surface area (Å²) in [6, 6.07) is 6.61. The Morgan fingerprint density at radius 3 is 2.60 bits per heavy atom. The molecule has 1 heterocycles. The van der Waals surface area contributed by atoms with E-state index in [4.69, 9.17) is 9.47 Å². The zero-order valence-electron chi connectivity index (χ0n) is 16.4.